The topological polar surface area (TPSA) is 48.0 Å². The first-order chi connectivity index (χ1) is 9.97. The standard InChI is InChI=1S/C17H21BrN2O/c1-4-5-10-20-12(3)15(17(19)21)11(2)16(20)13-6-8-14(18)9-7-13/h6-9H,4-5,10H2,1-3H3,(H2,19,21). The molecular weight excluding hydrogens is 328 g/mol. The maximum atomic E-state index is 11.8. The van der Waals surface area contributed by atoms with Crippen LogP contribution in [0.15, 0.2) is 28.7 Å². The van der Waals surface area contributed by atoms with Gasteiger partial charge in [0.15, 0.2) is 0 Å². The van der Waals surface area contributed by atoms with E-state index in [4.69, 9.17) is 5.73 Å². The summed E-state index contributed by atoms with van der Waals surface area (Å²) in [6.07, 6.45) is 2.19. The van der Waals surface area contributed by atoms with Gasteiger partial charge in [-0.2, -0.15) is 0 Å². The molecule has 3 nitrogen and oxygen atoms in total. The molecule has 21 heavy (non-hydrogen) atoms. The number of halogens is 1. The summed E-state index contributed by atoms with van der Waals surface area (Å²) < 4.78 is 3.27. The number of amides is 1. The van der Waals surface area contributed by atoms with E-state index in [9.17, 15) is 4.79 Å². The highest BCUT2D eigenvalue weighted by atomic mass is 79.9. The maximum absolute atomic E-state index is 11.8. The molecular formula is C17H21BrN2O. The summed E-state index contributed by atoms with van der Waals surface area (Å²) in [4.78, 5) is 11.8. The van der Waals surface area contributed by atoms with E-state index in [0.29, 0.717) is 5.56 Å². The molecule has 0 aliphatic heterocycles. The van der Waals surface area contributed by atoms with E-state index in [1.165, 1.54) is 0 Å². The van der Waals surface area contributed by atoms with Crippen LogP contribution in [0.25, 0.3) is 11.3 Å². The van der Waals surface area contributed by atoms with Crippen LogP contribution < -0.4 is 5.73 Å². The first kappa shape index (κ1) is 15.8. The van der Waals surface area contributed by atoms with Crippen LogP contribution in [0.4, 0.5) is 0 Å². The predicted octanol–water partition coefficient (Wildman–Crippen LogP) is 4.43. The van der Waals surface area contributed by atoms with Gasteiger partial charge in [-0.25, -0.2) is 0 Å². The number of rotatable bonds is 5. The summed E-state index contributed by atoms with van der Waals surface area (Å²) in [5.74, 6) is -0.349. The highest BCUT2D eigenvalue weighted by molar-refractivity contribution is 9.10. The molecule has 1 aromatic carbocycles. The van der Waals surface area contributed by atoms with Crippen LogP contribution in [0.5, 0.6) is 0 Å². The second-order valence-corrected chi connectivity index (χ2v) is 6.23. The Morgan fingerprint density at radius 1 is 1.24 bits per heavy atom. The summed E-state index contributed by atoms with van der Waals surface area (Å²) in [6.45, 7) is 7.03. The highest BCUT2D eigenvalue weighted by Crippen LogP contribution is 2.32. The van der Waals surface area contributed by atoms with Crippen molar-refractivity contribution in [3.05, 3.63) is 45.6 Å². The Labute approximate surface area is 134 Å². The van der Waals surface area contributed by atoms with Crippen molar-refractivity contribution >= 4 is 21.8 Å². The zero-order valence-corrected chi connectivity index (χ0v) is 14.3. The molecule has 0 saturated carbocycles. The first-order valence-electron chi connectivity index (χ1n) is 7.22. The highest BCUT2D eigenvalue weighted by Gasteiger charge is 2.21. The van der Waals surface area contributed by atoms with Crippen LogP contribution in [0.1, 0.15) is 41.4 Å². The maximum Gasteiger partial charge on any atom is 0.250 e. The van der Waals surface area contributed by atoms with Gasteiger partial charge in [0.2, 0.25) is 0 Å². The quantitative estimate of drug-likeness (QED) is 0.853. The zero-order chi connectivity index (χ0) is 15.6. The van der Waals surface area contributed by atoms with E-state index < -0.39 is 0 Å². The van der Waals surface area contributed by atoms with Gasteiger partial charge in [-0.1, -0.05) is 41.4 Å². The number of unbranched alkanes of at least 4 members (excludes halogenated alkanes) is 1. The third kappa shape index (κ3) is 3.05. The molecule has 0 saturated heterocycles. The van der Waals surface area contributed by atoms with Crippen molar-refractivity contribution in [2.75, 3.05) is 0 Å². The van der Waals surface area contributed by atoms with E-state index >= 15 is 0 Å². The third-order valence-electron chi connectivity index (χ3n) is 3.87. The van der Waals surface area contributed by atoms with Gasteiger partial charge in [0.05, 0.1) is 11.3 Å². The van der Waals surface area contributed by atoms with Gasteiger partial charge < -0.3 is 10.3 Å². The molecule has 2 aromatic rings. The molecule has 0 aliphatic rings. The molecule has 0 atom stereocenters. The number of carbonyl (C=O) groups excluding carboxylic acids is 1. The Balaban J connectivity index is 2.64. The molecule has 0 aliphatic carbocycles. The number of nitrogens with zero attached hydrogens (tertiary/aromatic N) is 1. The Bertz CT molecular complexity index is 656. The lowest BCUT2D eigenvalue weighted by Gasteiger charge is -2.12. The fraction of sp³-hybridized carbons (Fsp3) is 0.353. The Hall–Kier alpha value is -1.55. The van der Waals surface area contributed by atoms with E-state index in [-0.39, 0.29) is 5.91 Å². The second kappa shape index (κ2) is 6.48. The van der Waals surface area contributed by atoms with Crippen LogP contribution >= 0.6 is 15.9 Å². The van der Waals surface area contributed by atoms with Crippen LogP contribution in [0, 0.1) is 13.8 Å². The largest absolute Gasteiger partial charge is 0.366 e. The van der Waals surface area contributed by atoms with Crippen molar-refractivity contribution in [3.8, 4) is 11.3 Å². The van der Waals surface area contributed by atoms with Crippen LogP contribution in [-0.4, -0.2) is 10.5 Å². The van der Waals surface area contributed by atoms with Crippen molar-refractivity contribution < 1.29 is 4.79 Å². The van der Waals surface area contributed by atoms with Gasteiger partial charge in [-0.3, -0.25) is 4.79 Å². The van der Waals surface area contributed by atoms with Gasteiger partial charge in [0.1, 0.15) is 0 Å². The minimum Gasteiger partial charge on any atom is -0.366 e. The summed E-state index contributed by atoms with van der Waals surface area (Å²) >= 11 is 3.46. The summed E-state index contributed by atoms with van der Waals surface area (Å²) in [7, 11) is 0. The van der Waals surface area contributed by atoms with Crippen molar-refractivity contribution in [1.82, 2.24) is 4.57 Å². The number of aromatic nitrogens is 1. The minimum atomic E-state index is -0.349. The molecule has 2 N–H and O–H groups in total. The molecule has 4 heteroatoms. The molecule has 0 spiro atoms. The van der Waals surface area contributed by atoms with Gasteiger partial charge in [0.25, 0.3) is 5.91 Å². The lowest BCUT2D eigenvalue weighted by molar-refractivity contribution is 0.0999. The number of hydrogen-bond donors (Lipinski definition) is 1. The number of nitrogens with two attached hydrogens (primary N) is 1. The fourth-order valence-corrected chi connectivity index (χ4v) is 3.10. The third-order valence-corrected chi connectivity index (χ3v) is 4.39. The van der Waals surface area contributed by atoms with E-state index in [0.717, 1.165) is 46.4 Å². The monoisotopic (exact) mass is 348 g/mol. The molecule has 1 heterocycles. The summed E-state index contributed by atoms with van der Waals surface area (Å²) in [5.41, 5.74) is 10.4. The van der Waals surface area contributed by atoms with Gasteiger partial charge >= 0.3 is 0 Å². The zero-order valence-electron chi connectivity index (χ0n) is 12.7. The number of benzene rings is 1. The SMILES string of the molecule is CCCCn1c(C)c(C(N)=O)c(C)c1-c1ccc(Br)cc1. The van der Waals surface area contributed by atoms with Crippen molar-refractivity contribution in [2.45, 2.75) is 40.2 Å². The number of carbonyl (C=O) groups is 1. The Kier molecular flexibility index (Phi) is 4.88. The Morgan fingerprint density at radius 2 is 1.86 bits per heavy atom. The summed E-state index contributed by atoms with van der Waals surface area (Å²) in [5, 5.41) is 0. The first-order valence-corrected chi connectivity index (χ1v) is 8.02. The van der Waals surface area contributed by atoms with Gasteiger partial charge in [-0.05, 0) is 43.5 Å². The van der Waals surface area contributed by atoms with Crippen LogP contribution in [0.2, 0.25) is 0 Å². The molecule has 0 fully saturated rings. The van der Waals surface area contributed by atoms with E-state index in [1.807, 2.05) is 26.0 Å². The van der Waals surface area contributed by atoms with E-state index in [2.05, 4.69) is 39.6 Å². The molecule has 1 amide bonds. The number of primary amides is 1. The predicted molar refractivity (Wildman–Crippen MR) is 90.5 cm³/mol. The molecule has 112 valence electrons. The Morgan fingerprint density at radius 3 is 2.38 bits per heavy atom. The molecule has 0 unspecified atom stereocenters. The molecule has 0 radical (unpaired) electrons. The lowest BCUT2D eigenvalue weighted by Crippen LogP contribution is -2.13. The van der Waals surface area contributed by atoms with Crippen molar-refractivity contribution in [3.63, 3.8) is 0 Å². The van der Waals surface area contributed by atoms with Crippen LogP contribution in [0.3, 0.4) is 0 Å². The summed E-state index contributed by atoms with van der Waals surface area (Å²) in [6, 6.07) is 8.18. The average Bonchev–Trinajstić information content (AvgIpc) is 2.68. The molecule has 0 bridgehead atoms. The van der Waals surface area contributed by atoms with Crippen molar-refractivity contribution in [2.24, 2.45) is 5.73 Å². The normalized spacial score (nSPS) is 10.9. The minimum absolute atomic E-state index is 0.349. The van der Waals surface area contributed by atoms with Crippen molar-refractivity contribution in [1.29, 1.82) is 0 Å². The number of hydrogen-bond acceptors (Lipinski definition) is 1. The van der Waals surface area contributed by atoms with E-state index in [1.54, 1.807) is 0 Å². The van der Waals surface area contributed by atoms with Gasteiger partial charge in [0, 0.05) is 16.7 Å². The molecule has 1 aromatic heterocycles. The van der Waals surface area contributed by atoms with Crippen LogP contribution in [-0.2, 0) is 6.54 Å². The van der Waals surface area contributed by atoms with Gasteiger partial charge in [-0.15, -0.1) is 0 Å². The molecule has 2 rings (SSSR count). The average molecular weight is 349 g/mol. The fourth-order valence-electron chi connectivity index (χ4n) is 2.83. The second-order valence-electron chi connectivity index (χ2n) is 5.31. The smallest absolute Gasteiger partial charge is 0.250 e. The lowest BCUT2D eigenvalue weighted by atomic mass is 10.0.